The second kappa shape index (κ2) is 9.52. The Kier molecular flexibility index (Phi) is 6.60. The summed E-state index contributed by atoms with van der Waals surface area (Å²) in [5.41, 5.74) is 9.37. The Labute approximate surface area is 174 Å². The average Bonchev–Trinajstić information content (AvgIpc) is 3.35. The zero-order valence-corrected chi connectivity index (χ0v) is 16.9. The predicted octanol–water partition coefficient (Wildman–Crippen LogP) is 2.20. The highest BCUT2D eigenvalue weighted by Gasteiger charge is 2.15. The van der Waals surface area contributed by atoms with E-state index in [0.717, 1.165) is 22.5 Å². The fourth-order valence-corrected chi connectivity index (χ4v) is 3.16. The van der Waals surface area contributed by atoms with Gasteiger partial charge in [-0.1, -0.05) is 30.3 Å². The van der Waals surface area contributed by atoms with Crippen molar-refractivity contribution in [3.8, 4) is 17.3 Å². The van der Waals surface area contributed by atoms with Gasteiger partial charge < -0.3 is 0 Å². The Hall–Kier alpha value is -3.93. The SMILES string of the molecule is Cc1nn(CCC#N)c(C)c1CCC(=O)NNC(=O)c1cc(-c2ccccc2)n[nH]1. The maximum Gasteiger partial charge on any atom is 0.287 e. The number of benzene rings is 1. The number of hydrogen-bond donors (Lipinski definition) is 3. The maximum atomic E-state index is 12.2. The lowest BCUT2D eigenvalue weighted by Gasteiger charge is -2.07. The fourth-order valence-electron chi connectivity index (χ4n) is 3.16. The molecule has 154 valence electrons. The lowest BCUT2D eigenvalue weighted by Crippen LogP contribution is -2.41. The molecule has 2 aromatic heterocycles. The molecule has 9 heteroatoms. The number of amides is 2. The molecule has 0 unspecified atom stereocenters. The first kappa shape index (κ1) is 20.8. The molecule has 0 radical (unpaired) electrons. The first-order valence-corrected chi connectivity index (χ1v) is 9.59. The molecule has 0 aliphatic carbocycles. The Morgan fingerprint density at radius 1 is 1.20 bits per heavy atom. The summed E-state index contributed by atoms with van der Waals surface area (Å²) in [5, 5.41) is 19.9. The molecule has 0 fully saturated rings. The minimum atomic E-state index is -0.477. The van der Waals surface area contributed by atoms with Crippen LogP contribution in [-0.2, 0) is 17.8 Å². The molecular weight excluding hydrogens is 382 g/mol. The van der Waals surface area contributed by atoms with Crippen LogP contribution in [0.3, 0.4) is 0 Å². The molecule has 30 heavy (non-hydrogen) atoms. The van der Waals surface area contributed by atoms with E-state index >= 15 is 0 Å². The third kappa shape index (κ3) is 4.91. The average molecular weight is 405 g/mol. The van der Waals surface area contributed by atoms with Crippen LogP contribution in [0.25, 0.3) is 11.3 Å². The first-order chi connectivity index (χ1) is 14.5. The first-order valence-electron chi connectivity index (χ1n) is 9.59. The summed E-state index contributed by atoms with van der Waals surface area (Å²) in [6, 6.07) is 13.2. The van der Waals surface area contributed by atoms with Gasteiger partial charge in [-0.15, -0.1) is 0 Å². The number of rotatable bonds is 7. The summed E-state index contributed by atoms with van der Waals surface area (Å²) in [6.07, 6.45) is 1.08. The lowest BCUT2D eigenvalue weighted by molar-refractivity contribution is -0.121. The van der Waals surface area contributed by atoms with Crippen molar-refractivity contribution in [2.24, 2.45) is 0 Å². The molecule has 2 amide bonds. The van der Waals surface area contributed by atoms with Gasteiger partial charge in [-0.05, 0) is 31.9 Å². The van der Waals surface area contributed by atoms with Crippen LogP contribution >= 0.6 is 0 Å². The van der Waals surface area contributed by atoms with Crippen LogP contribution in [0, 0.1) is 25.2 Å². The molecule has 0 saturated carbocycles. The van der Waals surface area contributed by atoms with Gasteiger partial charge in [-0.25, -0.2) is 0 Å². The van der Waals surface area contributed by atoms with Crippen molar-refractivity contribution in [3.63, 3.8) is 0 Å². The molecule has 3 aromatic rings. The van der Waals surface area contributed by atoms with Gasteiger partial charge >= 0.3 is 0 Å². The van der Waals surface area contributed by atoms with Crippen LogP contribution in [0.4, 0.5) is 0 Å². The Morgan fingerprint density at radius 2 is 1.97 bits per heavy atom. The highest BCUT2D eigenvalue weighted by molar-refractivity contribution is 5.94. The third-order valence-electron chi connectivity index (χ3n) is 4.78. The standard InChI is InChI=1S/C21H23N7O2/c1-14-17(15(2)28(27-14)12-6-11-22)9-10-20(29)25-26-21(30)19-13-18(23-24-19)16-7-4-3-5-8-16/h3-5,7-8,13H,6,9-10,12H2,1-2H3,(H,23,24)(H,25,29)(H,26,30). The summed E-state index contributed by atoms with van der Waals surface area (Å²) in [6.45, 7) is 4.34. The van der Waals surface area contributed by atoms with Gasteiger partial charge in [0.1, 0.15) is 5.69 Å². The number of nitrogens with one attached hydrogen (secondary N) is 3. The number of carbonyl (C=O) groups is 2. The maximum absolute atomic E-state index is 12.2. The Bertz CT molecular complexity index is 1080. The minimum Gasteiger partial charge on any atom is -0.273 e. The Balaban J connectivity index is 1.51. The summed E-state index contributed by atoms with van der Waals surface area (Å²) in [5.74, 6) is -0.788. The number of nitriles is 1. The molecule has 0 bridgehead atoms. The number of hydrogen-bond acceptors (Lipinski definition) is 5. The molecule has 2 heterocycles. The van der Waals surface area contributed by atoms with Gasteiger partial charge in [0, 0.05) is 17.7 Å². The number of carbonyl (C=O) groups excluding carboxylic acids is 2. The van der Waals surface area contributed by atoms with Crippen molar-refractivity contribution in [2.45, 2.75) is 39.7 Å². The zero-order chi connectivity index (χ0) is 21.5. The summed E-state index contributed by atoms with van der Waals surface area (Å²) in [7, 11) is 0. The van der Waals surface area contributed by atoms with E-state index in [2.05, 4.69) is 32.2 Å². The quantitative estimate of drug-likeness (QED) is 0.519. The topological polar surface area (TPSA) is 128 Å². The fraction of sp³-hybridized carbons (Fsp3) is 0.286. The van der Waals surface area contributed by atoms with E-state index in [4.69, 9.17) is 5.26 Å². The van der Waals surface area contributed by atoms with E-state index in [-0.39, 0.29) is 18.0 Å². The summed E-state index contributed by atoms with van der Waals surface area (Å²) in [4.78, 5) is 24.4. The predicted molar refractivity (Wildman–Crippen MR) is 110 cm³/mol. The van der Waals surface area contributed by atoms with Crippen LogP contribution in [0.2, 0.25) is 0 Å². The molecule has 1 aromatic carbocycles. The van der Waals surface area contributed by atoms with E-state index in [1.165, 1.54) is 0 Å². The molecule has 0 aliphatic rings. The van der Waals surface area contributed by atoms with Gasteiger partial charge in [0.05, 0.1) is 30.4 Å². The largest absolute Gasteiger partial charge is 0.287 e. The molecule has 0 aliphatic heterocycles. The molecule has 0 spiro atoms. The van der Waals surface area contributed by atoms with E-state index in [9.17, 15) is 9.59 Å². The number of hydrazine groups is 1. The number of nitrogens with zero attached hydrogens (tertiary/aromatic N) is 4. The summed E-state index contributed by atoms with van der Waals surface area (Å²) >= 11 is 0. The van der Waals surface area contributed by atoms with Crippen LogP contribution in [-0.4, -0.2) is 31.8 Å². The molecule has 3 rings (SSSR count). The normalized spacial score (nSPS) is 10.4. The number of H-pyrrole nitrogens is 1. The third-order valence-corrected chi connectivity index (χ3v) is 4.78. The van der Waals surface area contributed by atoms with Gasteiger partial charge in [0.25, 0.3) is 5.91 Å². The zero-order valence-electron chi connectivity index (χ0n) is 16.9. The van der Waals surface area contributed by atoms with Crippen molar-refractivity contribution in [1.29, 1.82) is 5.26 Å². The number of aromatic amines is 1. The van der Waals surface area contributed by atoms with Gasteiger partial charge in [0.2, 0.25) is 5.91 Å². The molecule has 3 N–H and O–H groups in total. The summed E-state index contributed by atoms with van der Waals surface area (Å²) < 4.78 is 1.79. The second-order valence-corrected chi connectivity index (χ2v) is 6.82. The number of aryl methyl sites for hydroxylation is 2. The van der Waals surface area contributed by atoms with Crippen molar-refractivity contribution < 1.29 is 9.59 Å². The second-order valence-electron chi connectivity index (χ2n) is 6.82. The van der Waals surface area contributed by atoms with Crippen LogP contribution in [0.15, 0.2) is 36.4 Å². The monoisotopic (exact) mass is 405 g/mol. The Morgan fingerprint density at radius 3 is 2.70 bits per heavy atom. The highest BCUT2D eigenvalue weighted by atomic mass is 16.2. The minimum absolute atomic E-state index is 0.199. The smallest absolute Gasteiger partial charge is 0.273 e. The van der Waals surface area contributed by atoms with Crippen LogP contribution in [0.1, 0.15) is 40.3 Å². The van der Waals surface area contributed by atoms with Crippen molar-refractivity contribution in [3.05, 3.63) is 59.0 Å². The number of aromatic nitrogens is 4. The van der Waals surface area contributed by atoms with E-state index in [0.29, 0.717) is 25.1 Å². The van der Waals surface area contributed by atoms with Crippen LogP contribution in [0.5, 0.6) is 0 Å². The van der Waals surface area contributed by atoms with Gasteiger partial charge in [0.15, 0.2) is 0 Å². The molecule has 9 nitrogen and oxygen atoms in total. The molecular formula is C21H23N7O2. The van der Waals surface area contributed by atoms with Gasteiger partial charge in [-0.2, -0.15) is 15.5 Å². The van der Waals surface area contributed by atoms with Gasteiger partial charge in [-0.3, -0.25) is 30.2 Å². The van der Waals surface area contributed by atoms with E-state index in [1.807, 2.05) is 44.2 Å². The lowest BCUT2D eigenvalue weighted by atomic mass is 10.1. The van der Waals surface area contributed by atoms with E-state index in [1.54, 1.807) is 10.7 Å². The van der Waals surface area contributed by atoms with Crippen LogP contribution < -0.4 is 10.9 Å². The van der Waals surface area contributed by atoms with Crippen molar-refractivity contribution in [2.75, 3.05) is 0 Å². The van der Waals surface area contributed by atoms with Crippen molar-refractivity contribution >= 4 is 11.8 Å². The van der Waals surface area contributed by atoms with E-state index < -0.39 is 5.91 Å². The van der Waals surface area contributed by atoms with Crippen molar-refractivity contribution in [1.82, 2.24) is 30.8 Å². The highest BCUT2D eigenvalue weighted by Crippen LogP contribution is 2.17. The molecule has 0 atom stereocenters. The molecule has 0 saturated heterocycles.